The summed E-state index contributed by atoms with van der Waals surface area (Å²) in [5.41, 5.74) is 3.89. The third-order valence-electron chi connectivity index (χ3n) is 4.32. The summed E-state index contributed by atoms with van der Waals surface area (Å²) in [4.78, 5) is 4.72. The fourth-order valence-corrected chi connectivity index (χ4v) is 3.14. The lowest BCUT2D eigenvalue weighted by Gasteiger charge is -2.23. The first-order valence-corrected chi connectivity index (χ1v) is 8.17. The lowest BCUT2D eigenvalue weighted by Crippen LogP contribution is -2.08. The smallest absolute Gasteiger partial charge is 0.0743 e. The Morgan fingerprint density at radius 1 is 1.18 bits per heavy atom. The minimum atomic E-state index is 0.532. The minimum Gasteiger partial charge on any atom is -0.256 e. The molecule has 112 valence electrons. The van der Waals surface area contributed by atoms with Gasteiger partial charge in [0.15, 0.2) is 0 Å². The maximum Gasteiger partial charge on any atom is 0.0743 e. The van der Waals surface area contributed by atoms with E-state index in [1.807, 2.05) is 6.20 Å². The lowest BCUT2D eigenvalue weighted by atomic mass is 9.83. The van der Waals surface area contributed by atoms with Gasteiger partial charge in [-0.1, -0.05) is 61.1 Å². The topological polar surface area (TPSA) is 12.9 Å². The van der Waals surface area contributed by atoms with Crippen LogP contribution >= 0.6 is 0 Å². The van der Waals surface area contributed by atoms with E-state index in [1.165, 1.54) is 21.9 Å². The number of hydrogen-bond acceptors (Lipinski definition) is 1. The molecule has 1 nitrogen and oxygen atoms in total. The maximum absolute atomic E-state index is 4.72. The molecule has 0 radical (unpaired) electrons. The molecule has 0 amide bonds. The number of pyridine rings is 1. The van der Waals surface area contributed by atoms with E-state index < -0.39 is 0 Å². The highest BCUT2D eigenvalue weighted by Crippen LogP contribution is 2.36. The van der Waals surface area contributed by atoms with Gasteiger partial charge in [0.25, 0.3) is 0 Å². The van der Waals surface area contributed by atoms with Crippen molar-refractivity contribution in [1.82, 2.24) is 4.98 Å². The summed E-state index contributed by atoms with van der Waals surface area (Å²) in [7, 11) is 0. The molecule has 3 rings (SSSR count). The standard InChI is InChI=1S/C21H23N/c1-3-4-5-8-17-12-11-16(2)15-20(17)21-19-10-7-6-9-18(19)13-14-22-21/h4-7,9-11,13-15,17H,3,8,12H2,1-2H3. The van der Waals surface area contributed by atoms with Crippen LogP contribution in [0.3, 0.4) is 0 Å². The van der Waals surface area contributed by atoms with Crippen molar-refractivity contribution in [2.75, 3.05) is 0 Å². The van der Waals surface area contributed by atoms with Crippen LogP contribution in [0.25, 0.3) is 16.3 Å². The van der Waals surface area contributed by atoms with Crippen LogP contribution in [0, 0.1) is 5.92 Å². The minimum absolute atomic E-state index is 0.532. The predicted octanol–water partition coefficient (Wildman–Crippen LogP) is 5.94. The highest BCUT2D eigenvalue weighted by atomic mass is 14.7. The van der Waals surface area contributed by atoms with E-state index >= 15 is 0 Å². The molecule has 1 heteroatoms. The first kappa shape index (κ1) is 14.8. The summed E-state index contributed by atoms with van der Waals surface area (Å²) in [5, 5.41) is 2.53. The fraction of sp³-hybridized carbons (Fsp3) is 0.286. The summed E-state index contributed by atoms with van der Waals surface area (Å²) in [5.74, 6) is 0.532. The zero-order valence-corrected chi connectivity index (χ0v) is 13.4. The molecule has 0 aliphatic heterocycles. The molecule has 0 saturated carbocycles. The number of rotatable bonds is 4. The van der Waals surface area contributed by atoms with Gasteiger partial charge in [0.1, 0.15) is 0 Å². The number of hydrogen-bond donors (Lipinski definition) is 0. The van der Waals surface area contributed by atoms with Crippen molar-refractivity contribution in [3.05, 3.63) is 72.1 Å². The molecule has 22 heavy (non-hydrogen) atoms. The number of benzene rings is 1. The number of allylic oxidation sites excluding steroid dienone is 6. The molecule has 0 saturated heterocycles. The van der Waals surface area contributed by atoms with Gasteiger partial charge in [0, 0.05) is 11.6 Å². The largest absolute Gasteiger partial charge is 0.256 e. The Morgan fingerprint density at radius 2 is 2.05 bits per heavy atom. The van der Waals surface area contributed by atoms with Crippen molar-refractivity contribution >= 4 is 16.3 Å². The van der Waals surface area contributed by atoms with E-state index in [0.717, 1.165) is 25.0 Å². The molecule has 1 aromatic carbocycles. The predicted molar refractivity (Wildman–Crippen MR) is 95.6 cm³/mol. The van der Waals surface area contributed by atoms with Crippen LogP contribution in [0.5, 0.6) is 0 Å². The Bertz CT molecular complexity index is 744. The number of fused-ring (bicyclic) bond motifs is 1. The van der Waals surface area contributed by atoms with E-state index in [-0.39, 0.29) is 0 Å². The van der Waals surface area contributed by atoms with Crippen LogP contribution in [-0.4, -0.2) is 4.98 Å². The van der Waals surface area contributed by atoms with Crippen molar-refractivity contribution in [1.29, 1.82) is 0 Å². The van der Waals surface area contributed by atoms with Gasteiger partial charge in [0.2, 0.25) is 0 Å². The second kappa shape index (κ2) is 6.74. The molecule has 0 N–H and O–H groups in total. The molecule has 1 atom stereocenters. The van der Waals surface area contributed by atoms with Gasteiger partial charge < -0.3 is 0 Å². The normalized spacial score (nSPS) is 18.5. The summed E-state index contributed by atoms with van der Waals surface area (Å²) in [6.07, 6.45) is 14.5. The molecule has 1 aromatic heterocycles. The van der Waals surface area contributed by atoms with Gasteiger partial charge in [-0.15, -0.1) is 0 Å². The Labute approximate surface area is 133 Å². The van der Waals surface area contributed by atoms with Gasteiger partial charge in [-0.2, -0.15) is 0 Å². The fourth-order valence-electron chi connectivity index (χ4n) is 3.14. The SMILES string of the molecule is CCC=CCC1CC=C(C)C=C1c1nccc2ccccc12. The number of nitrogens with zero attached hydrogens (tertiary/aromatic N) is 1. The van der Waals surface area contributed by atoms with Crippen LogP contribution in [0.1, 0.15) is 38.8 Å². The van der Waals surface area contributed by atoms with Crippen LogP contribution < -0.4 is 0 Å². The van der Waals surface area contributed by atoms with E-state index in [4.69, 9.17) is 4.98 Å². The molecule has 1 aliphatic rings. The number of aromatic nitrogens is 1. The van der Waals surface area contributed by atoms with Crippen LogP contribution in [-0.2, 0) is 0 Å². The van der Waals surface area contributed by atoms with E-state index in [2.05, 4.69) is 68.5 Å². The highest BCUT2D eigenvalue weighted by molar-refractivity contribution is 5.93. The van der Waals surface area contributed by atoms with Crippen LogP contribution in [0.4, 0.5) is 0 Å². The first-order chi connectivity index (χ1) is 10.8. The van der Waals surface area contributed by atoms with Gasteiger partial charge in [-0.25, -0.2) is 0 Å². The summed E-state index contributed by atoms with van der Waals surface area (Å²) in [6, 6.07) is 10.6. The van der Waals surface area contributed by atoms with Crippen molar-refractivity contribution in [2.45, 2.75) is 33.1 Å². The average Bonchev–Trinajstić information content (AvgIpc) is 2.56. The van der Waals surface area contributed by atoms with Crippen molar-refractivity contribution < 1.29 is 0 Å². The van der Waals surface area contributed by atoms with Crippen LogP contribution in [0.15, 0.2) is 66.4 Å². The molecule has 0 fully saturated rings. The molecule has 1 aliphatic carbocycles. The zero-order chi connectivity index (χ0) is 15.4. The van der Waals surface area contributed by atoms with E-state index in [9.17, 15) is 0 Å². The zero-order valence-electron chi connectivity index (χ0n) is 13.4. The van der Waals surface area contributed by atoms with Crippen molar-refractivity contribution in [2.24, 2.45) is 5.92 Å². The Hall–Kier alpha value is -2.15. The Balaban J connectivity index is 2.04. The monoisotopic (exact) mass is 289 g/mol. The van der Waals surface area contributed by atoms with Gasteiger partial charge >= 0.3 is 0 Å². The average molecular weight is 289 g/mol. The molecular formula is C21H23N. The summed E-state index contributed by atoms with van der Waals surface area (Å²) in [6.45, 7) is 4.37. The second-order valence-corrected chi connectivity index (χ2v) is 5.98. The van der Waals surface area contributed by atoms with Gasteiger partial charge in [0.05, 0.1) is 5.69 Å². The molecule has 0 spiro atoms. The summed E-state index contributed by atoms with van der Waals surface area (Å²) < 4.78 is 0. The van der Waals surface area contributed by atoms with E-state index in [1.54, 1.807) is 0 Å². The van der Waals surface area contributed by atoms with Crippen LogP contribution in [0.2, 0.25) is 0 Å². The Morgan fingerprint density at radius 3 is 2.91 bits per heavy atom. The second-order valence-electron chi connectivity index (χ2n) is 5.98. The third-order valence-corrected chi connectivity index (χ3v) is 4.32. The van der Waals surface area contributed by atoms with E-state index in [0.29, 0.717) is 5.92 Å². The molecular weight excluding hydrogens is 266 g/mol. The first-order valence-electron chi connectivity index (χ1n) is 8.17. The molecule has 0 bridgehead atoms. The maximum atomic E-state index is 4.72. The highest BCUT2D eigenvalue weighted by Gasteiger charge is 2.20. The quantitative estimate of drug-likeness (QED) is 0.635. The third kappa shape index (κ3) is 3.04. The van der Waals surface area contributed by atoms with Gasteiger partial charge in [-0.3, -0.25) is 4.98 Å². The van der Waals surface area contributed by atoms with Gasteiger partial charge in [-0.05, 0) is 49.1 Å². The lowest BCUT2D eigenvalue weighted by molar-refractivity contribution is 0.682. The molecule has 1 unspecified atom stereocenters. The van der Waals surface area contributed by atoms with Crippen molar-refractivity contribution in [3.63, 3.8) is 0 Å². The molecule has 1 heterocycles. The molecule has 2 aromatic rings. The Kier molecular flexibility index (Phi) is 4.53. The summed E-state index contributed by atoms with van der Waals surface area (Å²) >= 11 is 0. The van der Waals surface area contributed by atoms with Crippen molar-refractivity contribution in [3.8, 4) is 0 Å².